The van der Waals surface area contributed by atoms with Crippen LogP contribution in [0.25, 0.3) is 11.5 Å². The second-order valence-corrected chi connectivity index (χ2v) is 12.5. The molecule has 1 aliphatic heterocycles. The lowest BCUT2D eigenvalue weighted by molar-refractivity contribution is 0.0706. The van der Waals surface area contributed by atoms with Crippen molar-refractivity contribution in [2.75, 3.05) is 39.6 Å². The van der Waals surface area contributed by atoms with E-state index in [4.69, 9.17) is 22.8 Å². The Hall–Kier alpha value is -2.53. The number of dihydropyridines is 1. The third-order valence-electron chi connectivity index (χ3n) is 6.82. The number of alkyl carbamates (subject to hydrolysis) is 1. The number of carbonyl (C=O) groups excluding carboxylic acids is 1. The van der Waals surface area contributed by atoms with E-state index in [9.17, 15) is 4.79 Å². The number of ether oxygens (including phenoxy) is 2. The summed E-state index contributed by atoms with van der Waals surface area (Å²) in [7, 11) is -2.66. The van der Waals surface area contributed by atoms with E-state index >= 15 is 0 Å². The van der Waals surface area contributed by atoms with Gasteiger partial charge in [0.25, 0.3) is 0 Å². The topological polar surface area (TPSA) is 101 Å². The van der Waals surface area contributed by atoms with Crippen molar-refractivity contribution in [3.05, 3.63) is 41.0 Å². The number of hydrogen-bond acceptors (Lipinski definition) is 8. The number of aliphatic imine (C=N–C) groups is 1. The summed E-state index contributed by atoms with van der Waals surface area (Å²) in [6, 6.07) is 4.71. The van der Waals surface area contributed by atoms with Crippen molar-refractivity contribution in [3.63, 3.8) is 0 Å². The van der Waals surface area contributed by atoms with E-state index in [1.165, 1.54) is 0 Å². The van der Waals surface area contributed by atoms with Gasteiger partial charge in [-0.15, -0.1) is 0 Å². The van der Waals surface area contributed by atoms with Gasteiger partial charge in [-0.25, -0.2) is 4.79 Å². The molecule has 0 bridgehead atoms. The zero-order valence-electron chi connectivity index (χ0n) is 24.5. The zero-order valence-corrected chi connectivity index (χ0v) is 25.5. The predicted octanol–water partition coefficient (Wildman–Crippen LogP) is 4.48. The average Bonchev–Trinajstić information content (AvgIpc) is 2.97. The predicted molar refractivity (Wildman–Crippen MR) is 159 cm³/mol. The molecule has 1 aromatic rings. The van der Waals surface area contributed by atoms with Gasteiger partial charge in [0.15, 0.2) is 0 Å². The lowest BCUT2D eigenvalue weighted by Gasteiger charge is -2.28. The molecule has 222 valence electrons. The Labute approximate surface area is 240 Å². The molecule has 0 spiro atoms. The standard InChI is InChI=1S/C30H47N3O6Si/c1-4-37-40(38-5-2,39-6-3)23-15-20-33-30(34)36-22-12-10-8-7-9-11-21-35-27-24-25-16-13-18-31-28(25)29-26(27)17-14-19-32-29/h13-14,16-19,25H,4-12,15,20-24H2,1-3H3,(H,33,34). The van der Waals surface area contributed by atoms with Gasteiger partial charge < -0.3 is 28.1 Å². The van der Waals surface area contributed by atoms with Crippen molar-refractivity contribution in [2.45, 2.75) is 78.2 Å². The van der Waals surface area contributed by atoms with E-state index < -0.39 is 8.80 Å². The number of fused-ring (bicyclic) bond motifs is 2. The number of nitrogens with zero attached hydrogens (tertiary/aromatic N) is 2. The van der Waals surface area contributed by atoms with Crippen LogP contribution < -0.4 is 15.9 Å². The van der Waals surface area contributed by atoms with Gasteiger partial charge >= 0.3 is 14.9 Å². The number of aromatic nitrogens is 1. The number of rotatable bonds is 20. The smallest absolute Gasteiger partial charge is 0.497 e. The van der Waals surface area contributed by atoms with Gasteiger partial charge in [0.1, 0.15) is 5.76 Å². The maximum atomic E-state index is 12.0. The highest BCUT2D eigenvalue weighted by Crippen LogP contribution is 2.27. The molecule has 1 amide bonds. The van der Waals surface area contributed by atoms with E-state index in [1.54, 1.807) is 0 Å². The molecule has 40 heavy (non-hydrogen) atoms. The molecule has 1 N–H and O–H groups in total. The summed E-state index contributed by atoms with van der Waals surface area (Å²) in [4.78, 5) is 21.1. The van der Waals surface area contributed by atoms with Crippen molar-refractivity contribution in [2.24, 2.45) is 10.9 Å². The normalized spacial score (nSPS) is 16.0. The summed E-state index contributed by atoms with van der Waals surface area (Å²) in [6.07, 6.45) is 15.3. The molecule has 2 aliphatic rings. The van der Waals surface area contributed by atoms with Gasteiger partial charge in [0.05, 0.1) is 24.3 Å². The largest absolute Gasteiger partial charge is 0.500 e. The molecule has 1 aliphatic carbocycles. The summed E-state index contributed by atoms with van der Waals surface area (Å²) in [5.41, 5.74) is 1.04. The van der Waals surface area contributed by atoms with E-state index in [1.807, 2.05) is 45.3 Å². The Morgan fingerprint density at radius 3 is 2.40 bits per heavy atom. The molecule has 10 heteroatoms. The monoisotopic (exact) mass is 573 g/mol. The van der Waals surface area contributed by atoms with Gasteiger partial charge in [0.2, 0.25) is 0 Å². The molecule has 1 aromatic heterocycles. The molecule has 1 atom stereocenters. The molecule has 0 fully saturated rings. The summed E-state index contributed by atoms with van der Waals surface area (Å²) in [5.74, 6) is 1.27. The minimum atomic E-state index is -2.66. The van der Waals surface area contributed by atoms with Crippen LogP contribution in [0.15, 0.2) is 35.5 Å². The minimum Gasteiger partial charge on any atom is -0.497 e. The van der Waals surface area contributed by atoms with Crippen molar-refractivity contribution in [3.8, 4) is 0 Å². The molecule has 0 aromatic carbocycles. The van der Waals surface area contributed by atoms with E-state index in [0.29, 0.717) is 45.6 Å². The second kappa shape index (κ2) is 18.0. The van der Waals surface area contributed by atoms with Gasteiger partial charge in [-0.2, -0.15) is 0 Å². The fourth-order valence-electron chi connectivity index (χ4n) is 5.00. The van der Waals surface area contributed by atoms with Crippen molar-refractivity contribution >= 4 is 32.6 Å². The zero-order chi connectivity index (χ0) is 28.5. The van der Waals surface area contributed by atoms with Crippen LogP contribution in [0.3, 0.4) is 0 Å². The van der Waals surface area contributed by atoms with E-state index in [0.717, 1.165) is 73.4 Å². The quantitative estimate of drug-likeness (QED) is 0.181. The van der Waals surface area contributed by atoms with Crippen LogP contribution in [0, 0.1) is 5.92 Å². The number of nitrogens with one attached hydrogen (secondary N) is 1. The van der Waals surface area contributed by atoms with E-state index in [2.05, 4.69) is 27.4 Å². The number of unbranched alkanes of at least 4 members (excludes halogenated alkanes) is 5. The number of hydrogen-bond donors (Lipinski definition) is 1. The Balaban J connectivity index is 1.22. The van der Waals surface area contributed by atoms with Gasteiger partial charge in [-0.1, -0.05) is 31.8 Å². The Bertz CT molecular complexity index is 1080. The SMILES string of the molecule is CCO[Si](CCCNC(=O)OCCCCCCCCOC1=c2cccnc2=C2N=CC=CC2C1)(OCC)OCC. The van der Waals surface area contributed by atoms with Crippen LogP contribution in [0.2, 0.25) is 6.04 Å². The van der Waals surface area contributed by atoms with Gasteiger partial charge in [-0.05, 0) is 58.2 Å². The summed E-state index contributed by atoms with van der Waals surface area (Å²) >= 11 is 0. The third-order valence-corrected chi connectivity index (χ3v) is 9.97. The first-order valence-corrected chi connectivity index (χ1v) is 16.9. The third kappa shape index (κ3) is 10.1. The van der Waals surface area contributed by atoms with Crippen molar-refractivity contribution < 1.29 is 27.5 Å². The lowest BCUT2D eigenvalue weighted by Crippen LogP contribution is -2.46. The minimum absolute atomic E-state index is 0.244. The maximum Gasteiger partial charge on any atom is 0.500 e. The number of carbonyl (C=O) groups is 1. The number of allylic oxidation sites excluding steroid dienone is 1. The van der Waals surface area contributed by atoms with Gasteiger partial charge in [0, 0.05) is 62.4 Å². The Kier molecular flexibility index (Phi) is 14.4. The Morgan fingerprint density at radius 2 is 1.68 bits per heavy atom. The summed E-state index contributed by atoms with van der Waals surface area (Å²) in [5, 5.41) is 4.83. The number of pyridine rings is 1. The molecule has 3 rings (SSSR count). The highest BCUT2D eigenvalue weighted by Gasteiger charge is 2.39. The van der Waals surface area contributed by atoms with E-state index in [-0.39, 0.29) is 12.0 Å². The highest BCUT2D eigenvalue weighted by molar-refractivity contribution is 6.60. The van der Waals surface area contributed by atoms with Crippen LogP contribution in [0.4, 0.5) is 4.79 Å². The van der Waals surface area contributed by atoms with Crippen molar-refractivity contribution in [1.29, 1.82) is 0 Å². The second-order valence-electron chi connectivity index (χ2n) is 9.80. The average molecular weight is 574 g/mol. The Morgan fingerprint density at radius 1 is 0.975 bits per heavy atom. The fraction of sp³-hybridized carbons (Fsp3) is 0.633. The fourth-order valence-corrected chi connectivity index (χ4v) is 7.61. The molecule has 0 radical (unpaired) electrons. The maximum absolute atomic E-state index is 12.0. The molecule has 9 nitrogen and oxygen atoms in total. The lowest BCUT2D eigenvalue weighted by atomic mass is 9.93. The van der Waals surface area contributed by atoms with Crippen LogP contribution in [0.5, 0.6) is 0 Å². The molecule has 0 saturated heterocycles. The molecule has 0 saturated carbocycles. The molecule has 2 heterocycles. The van der Waals surface area contributed by atoms with Gasteiger partial charge in [-0.3, -0.25) is 9.98 Å². The highest BCUT2D eigenvalue weighted by atomic mass is 28.4. The van der Waals surface area contributed by atoms with Crippen LogP contribution in [-0.4, -0.2) is 65.7 Å². The first-order chi connectivity index (χ1) is 19.6. The summed E-state index contributed by atoms with van der Waals surface area (Å²) in [6.45, 7) is 9.14. The molecular weight excluding hydrogens is 526 g/mol. The first-order valence-electron chi connectivity index (χ1n) is 15.0. The van der Waals surface area contributed by atoms with Crippen LogP contribution in [-0.2, 0) is 22.8 Å². The van der Waals surface area contributed by atoms with Crippen LogP contribution in [0.1, 0.15) is 72.1 Å². The van der Waals surface area contributed by atoms with Crippen LogP contribution >= 0.6 is 0 Å². The summed E-state index contributed by atoms with van der Waals surface area (Å²) < 4.78 is 29.1. The molecular formula is C30H47N3O6Si. The van der Waals surface area contributed by atoms with Crippen molar-refractivity contribution in [1.82, 2.24) is 10.3 Å². The first kappa shape index (κ1) is 32.0. The number of amides is 1. The molecule has 1 unspecified atom stereocenters.